The summed E-state index contributed by atoms with van der Waals surface area (Å²) < 4.78 is 45.8. The predicted octanol–water partition coefficient (Wildman–Crippen LogP) is 2.27. The van der Waals surface area contributed by atoms with Gasteiger partial charge in [0.15, 0.2) is 0 Å². The number of benzene rings is 1. The van der Waals surface area contributed by atoms with E-state index in [-0.39, 0.29) is 23.7 Å². The minimum absolute atomic E-state index is 0.00610. The summed E-state index contributed by atoms with van der Waals surface area (Å²) in [5, 5.41) is 2.92. The van der Waals surface area contributed by atoms with Gasteiger partial charge in [-0.15, -0.1) is 0 Å². The van der Waals surface area contributed by atoms with Gasteiger partial charge in [-0.05, 0) is 25.2 Å². The van der Waals surface area contributed by atoms with Crippen LogP contribution in [0.2, 0.25) is 5.02 Å². The first-order chi connectivity index (χ1) is 9.94. The van der Waals surface area contributed by atoms with Gasteiger partial charge in [0.25, 0.3) is 0 Å². The largest absolute Gasteiger partial charge is 0.472 e. The fourth-order valence-electron chi connectivity index (χ4n) is 1.78. The highest BCUT2D eigenvalue weighted by atomic mass is 35.5. The molecule has 2 rings (SSSR count). The summed E-state index contributed by atoms with van der Waals surface area (Å²) in [6.07, 6.45) is 2.83. The van der Waals surface area contributed by atoms with Crippen LogP contribution in [-0.4, -0.2) is 15.5 Å². The molecule has 1 aromatic heterocycles. The second-order valence-electron chi connectivity index (χ2n) is 4.36. The first-order valence-corrected chi connectivity index (χ1v) is 7.93. The summed E-state index contributed by atoms with van der Waals surface area (Å²) in [5.41, 5.74) is 0.824. The van der Waals surface area contributed by atoms with Crippen molar-refractivity contribution in [2.45, 2.75) is 18.0 Å². The second kappa shape index (κ2) is 6.57. The lowest BCUT2D eigenvalue weighted by Crippen LogP contribution is -2.24. The van der Waals surface area contributed by atoms with E-state index in [0.29, 0.717) is 5.56 Å². The standard InChI is InChI=1S/C13H14ClFN2O3S/c1-16-7-10-4-11(14)5-12(13(10)15)21(18,19)17-6-9-2-3-20-8-9/h2-5,8,16-17H,6-7H2,1H3. The van der Waals surface area contributed by atoms with Crippen LogP contribution in [0.3, 0.4) is 0 Å². The van der Waals surface area contributed by atoms with E-state index in [1.54, 1.807) is 13.1 Å². The van der Waals surface area contributed by atoms with Crippen molar-refractivity contribution in [2.24, 2.45) is 0 Å². The Bertz CT molecular complexity index is 717. The van der Waals surface area contributed by atoms with Gasteiger partial charge in [0.05, 0.1) is 12.5 Å². The van der Waals surface area contributed by atoms with E-state index in [0.717, 1.165) is 6.07 Å². The lowest BCUT2D eigenvalue weighted by Gasteiger charge is -2.11. The molecule has 1 heterocycles. The molecule has 5 nitrogen and oxygen atoms in total. The van der Waals surface area contributed by atoms with Gasteiger partial charge in [-0.1, -0.05) is 11.6 Å². The van der Waals surface area contributed by atoms with E-state index in [2.05, 4.69) is 10.0 Å². The molecule has 8 heteroatoms. The van der Waals surface area contributed by atoms with Crippen molar-refractivity contribution in [1.82, 2.24) is 10.0 Å². The Morgan fingerprint density at radius 1 is 1.33 bits per heavy atom. The van der Waals surface area contributed by atoms with Gasteiger partial charge in [-0.25, -0.2) is 17.5 Å². The van der Waals surface area contributed by atoms with Gasteiger partial charge >= 0.3 is 0 Å². The maximum atomic E-state index is 14.3. The van der Waals surface area contributed by atoms with Crippen LogP contribution < -0.4 is 10.0 Å². The molecule has 0 spiro atoms. The first kappa shape index (κ1) is 16.0. The van der Waals surface area contributed by atoms with E-state index < -0.39 is 20.7 Å². The number of halogens is 2. The highest BCUT2D eigenvalue weighted by Crippen LogP contribution is 2.24. The molecular formula is C13H14ClFN2O3S. The number of furan rings is 1. The van der Waals surface area contributed by atoms with Gasteiger partial charge < -0.3 is 9.73 Å². The van der Waals surface area contributed by atoms with Crippen molar-refractivity contribution in [2.75, 3.05) is 7.05 Å². The van der Waals surface area contributed by atoms with E-state index in [1.807, 2.05) is 0 Å². The summed E-state index contributed by atoms with van der Waals surface area (Å²) in [5.74, 6) is -0.812. The van der Waals surface area contributed by atoms with Crippen LogP contribution in [0, 0.1) is 5.82 Å². The fourth-order valence-corrected chi connectivity index (χ4v) is 3.25. The van der Waals surface area contributed by atoms with Gasteiger partial charge in [0.1, 0.15) is 10.7 Å². The molecule has 2 N–H and O–H groups in total. The van der Waals surface area contributed by atoms with Crippen molar-refractivity contribution in [3.05, 3.63) is 52.7 Å². The molecule has 0 aliphatic carbocycles. The summed E-state index contributed by atoms with van der Waals surface area (Å²) in [4.78, 5) is -0.469. The van der Waals surface area contributed by atoms with E-state index in [1.165, 1.54) is 18.6 Å². The highest BCUT2D eigenvalue weighted by Gasteiger charge is 2.22. The van der Waals surface area contributed by atoms with Crippen LogP contribution in [0.25, 0.3) is 0 Å². The van der Waals surface area contributed by atoms with E-state index in [4.69, 9.17) is 16.0 Å². The summed E-state index contributed by atoms with van der Waals surface area (Å²) in [6.45, 7) is 0.183. The molecule has 0 saturated heterocycles. The van der Waals surface area contributed by atoms with Crippen LogP contribution in [0.4, 0.5) is 4.39 Å². The Balaban J connectivity index is 2.30. The van der Waals surface area contributed by atoms with Gasteiger partial charge in [0.2, 0.25) is 10.0 Å². The first-order valence-electron chi connectivity index (χ1n) is 6.07. The Hall–Kier alpha value is -1.41. The molecule has 1 aromatic carbocycles. The van der Waals surface area contributed by atoms with Crippen LogP contribution in [0.1, 0.15) is 11.1 Å². The topological polar surface area (TPSA) is 71.3 Å². The molecule has 0 amide bonds. The van der Waals surface area contributed by atoms with Crippen molar-refractivity contribution >= 4 is 21.6 Å². The SMILES string of the molecule is CNCc1cc(Cl)cc(S(=O)(=O)NCc2ccoc2)c1F. The van der Waals surface area contributed by atoms with Crippen molar-refractivity contribution in [1.29, 1.82) is 0 Å². The maximum absolute atomic E-state index is 14.3. The van der Waals surface area contributed by atoms with Crippen LogP contribution in [0.15, 0.2) is 40.0 Å². The number of sulfonamides is 1. The lowest BCUT2D eigenvalue weighted by molar-refractivity contribution is 0.544. The van der Waals surface area contributed by atoms with Gasteiger partial charge in [-0.2, -0.15) is 0 Å². The molecule has 0 aliphatic heterocycles. The number of rotatable bonds is 6. The van der Waals surface area contributed by atoms with Crippen molar-refractivity contribution in [3.8, 4) is 0 Å². The van der Waals surface area contributed by atoms with Crippen molar-refractivity contribution in [3.63, 3.8) is 0 Å². The van der Waals surface area contributed by atoms with E-state index >= 15 is 0 Å². The quantitative estimate of drug-likeness (QED) is 0.851. The molecule has 0 unspecified atom stereocenters. The summed E-state index contributed by atoms with van der Waals surface area (Å²) in [7, 11) is -2.38. The second-order valence-corrected chi connectivity index (χ2v) is 6.54. The molecule has 0 fully saturated rings. The zero-order chi connectivity index (χ0) is 15.5. The molecule has 0 saturated carbocycles. The molecule has 0 bridgehead atoms. The Labute approximate surface area is 127 Å². The lowest BCUT2D eigenvalue weighted by atomic mass is 10.2. The summed E-state index contributed by atoms with van der Waals surface area (Å²) >= 11 is 5.86. The van der Waals surface area contributed by atoms with Crippen LogP contribution in [-0.2, 0) is 23.1 Å². The summed E-state index contributed by atoms with van der Waals surface area (Å²) in [6, 6.07) is 4.10. The fraction of sp³-hybridized carbons (Fsp3) is 0.231. The van der Waals surface area contributed by atoms with Crippen molar-refractivity contribution < 1.29 is 17.2 Å². The minimum atomic E-state index is -4.01. The molecule has 2 aromatic rings. The third kappa shape index (κ3) is 3.82. The van der Waals surface area contributed by atoms with Gasteiger partial charge in [-0.3, -0.25) is 0 Å². The molecule has 114 valence electrons. The maximum Gasteiger partial charge on any atom is 0.243 e. The number of nitrogens with one attached hydrogen (secondary N) is 2. The molecule has 0 aliphatic rings. The molecule has 21 heavy (non-hydrogen) atoms. The zero-order valence-corrected chi connectivity index (χ0v) is 12.8. The van der Waals surface area contributed by atoms with E-state index in [9.17, 15) is 12.8 Å². The number of hydrogen-bond acceptors (Lipinski definition) is 4. The van der Waals surface area contributed by atoms with Crippen LogP contribution in [0.5, 0.6) is 0 Å². The average molecular weight is 333 g/mol. The highest BCUT2D eigenvalue weighted by molar-refractivity contribution is 7.89. The zero-order valence-electron chi connectivity index (χ0n) is 11.2. The smallest absolute Gasteiger partial charge is 0.243 e. The third-order valence-corrected chi connectivity index (χ3v) is 4.40. The normalized spacial score (nSPS) is 11.8. The van der Waals surface area contributed by atoms with Gasteiger partial charge in [0, 0.05) is 29.2 Å². The number of hydrogen-bond donors (Lipinski definition) is 2. The van der Waals surface area contributed by atoms with Crippen LogP contribution >= 0.6 is 11.6 Å². The predicted molar refractivity (Wildman–Crippen MR) is 76.9 cm³/mol. The third-order valence-electron chi connectivity index (χ3n) is 2.78. The minimum Gasteiger partial charge on any atom is -0.472 e. The average Bonchev–Trinajstić information content (AvgIpc) is 2.94. The monoisotopic (exact) mass is 332 g/mol. The Kier molecular flexibility index (Phi) is 5.00. The Morgan fingerprint density at radius 3 is 2.71 bits per heavy atom. The molecule has 0 radical (unpaired) electrons. The molecule has 0 atom stereocenters. The molecular weight excluding hydrogens is 319 g/mol. The Morgan fingerprint density at radius 2 is 2.10 bits per heavy atom.